The fraction of sp³-hybridized carbons (Fsp3) is 0.292. The van der Waals surface area contributed by atoms with Gasteiger partial charge in [0.2, 0.25) is 0 Å². The Kier molecular flexibility index (Phi) is 4.98. The van der Waals surface area contributed by atoms with Crippen LogP contribution in [-0.2, 0) is 6.54 Å². The van der Waals surface area contributed by atoms with E-state index in [0.717, 1.165) is 33.7 Å². The molecule has 0 saturated carbocycles. The molecule has 1 aromatic carbocycles. The van der Waals surface area contributed by atoms with Crippen LogP contribution in [0.4, 0.5) is 5.69 Å². The fourth-order valence-corrected chi connectivity index (χ4v) is 4.85. The van der Waals surface area contributed by atoms with E-state index in [9.17, 15) is 4.79 Å². The summed E-state index contributed by atoms with van der Waals surface area (Å²) < 4.78 is 1.90. The molecule has 6 nitrogen and oxygen atoms in total. The molecule has 0 bridgehead atoms. The van der Waals surface area contributed by atoms with E-state index < -0.39 is 0 Å². The predicted octanol–water partition coefficient (Wildman–Crippen LogP) is 4.83. The number of carbonyl (C=O) groups excluding carboxylic acids is 1. The lowest BCUT2D eigenvalue weighted by atomic mass is 10.1. The first kappa shape index (κ1) is 19.8. The number of benzene rings is 1. The molecule has 0 unspecified atom stereocenters. The van der Waals surface area contributed by atoms with Gasteiger partial charge < -0.3 is 9.80 Å². The Morgan fingerprint density at radius 2 is 1.97 bits per heavy atom. The number of thiophene rings is 1. The Morgan fingerprint density at radius 1 is 1.13 bits per heavy atom. The molecule has 0 N–H and O–H groups in total. The van der Waals surface area contributed by atoms with Crippen molar-refractivity contribution in [2.45, 2.75) is 26.4 Å². The molecule has 1 aliphatic rings. The first-order valence-corrected chi connectivity index (χ1v) is 11.4. The number of para-hydroxylation sites is 1. The van der Waals surface area contributed by atoms with Gasteiger partial charge in [-0.1, -0.05) is 24.3 Å². The van der Waals surface area contributed by atoms with E-state index in [0.29, 0.717) is 18.7 Å². The van der Waals surface area contributed by atoms with Crippen molar-refractivity contribution in [3.63, 3.8) is 0 Å². The van der Waals surface area contributed by atoms with Crippen molar-refractivity contribution in [3.05, 3.63) is 65.2 Å². The minimum Gasteiger partial charge on any atom is -0.373 e. The van der Waals surface area contributed by atoms with E-state index in [-0.39, 0.29) is 11.9 Å². The van der Waals surface area contributed by atoms with Crippen LogP contribution in [0.5, 0.6) is 0 Å². The molecule has 0 atom stereocenters. The van der Waals surface area contributed by atoms with Crippen LogP contribution in [0.3, 0.4) is 0 Å². The second kappa shape index (κ2) is 7.81. The highest BCUT2D eigenvalue weighted by Gasteiger charge is 2.26. The maximum absolute atomic E-state index is 13.8. The minimum atomic E-state index is 0.0265. The van der Waals surface area contributed by atoms with Gasteiger partial charge >= 0.3 is 0 Å². The van der Waals surface area contributed by atoms with Crippen molar-refractivity contribution in [3.8, 4) is 10.6 Å². The van der Waals surface area contributed by atoms with Gasteiger partial charge in [-0.25, -0.2) is 9.67 Å². The Morgan fingerprint density at radius 3 is 2.74 bits per heavy atom. The van der Waals surface area contributed by atoms with Crippen LogP contribution in [0.15, 0.2) is 54.0 Å². The molecule has 1 aliphatic heterocycles. The topological polar surface area (TPSA) is 54.3 Å². The number of nitrogens with zero attached hydrogens (tertiary/aromatic N) is 5. The van der Waals surface area contributed by atoms with Gasteiger partial charge in [-0.05, 0) is 43.0 Å². The first-order chi connectivity index (χ1) is 15.0. The molecule has 7 heteroatoms. The average molecular weight is 432 g/mol. The second-order valence-corrected chi connectivity index (χ2v) is 9.18. The third kappa shape index (κ3) is 3.49. The van der Waals surface area contributed by atoms with Gasteiger partial charge in [0.25, 0.3) is 5.91 Å². The van der Waals surface area contributed by atoms with Gasteiger partial charge in [-0.2, -0.15) is 5.10 Å². The Labute approximate surface area is 185 Å². The number of aromatic nitrogens is 3. The molecule has 0 radical (unpaired) electrons. The molecule has 0 aliphatic carbocycles. The largest absolute Gasteiger partial charge is 0.373 e. The van der Waals surface area contributed by atoms with Crippen molar-refractivity contribution >= 4 is 34.0 Å². The zero-order chi connectivity index (χ0) is 21.5. The van der Waals surface area contributed by atoms with Crippen LogP contribution in [-0.4, -0.2) is 45.7 Å². The Bertz CT molecular complexity index is 1240. The maximum Gasteiger partial charge on any atom is 0.255 e. The molecule has 4 heterocycles. The van der Waals surface area contributed by atoms with Crippen LogP contribution in [0.25, 0.3) is 21.6 Å². The number of carbonyl (C=O) groups is 1. The number of hydrogen-bond acceptors (Lipinski definition) is 5. The highest BCUT2D eigenvalue weighted by atomic mass is 32.1. The summed E-state index contributed by atoms with van der Waals surface area (Å²) in [6.07, 6.45) is 1.78. The number of anilines is 1. The van der Waals surface area contributed by atoms with Crippen molar-refractivity contribution in [1.82, 2.24) is 19.7 Å². The quantitative estimate of drug-likeness (QED) is 0.466. The molecule has 158 valence electrons. The fourth-order valence-electron chi connectivity index (χ4n) is 4.16. The van der Waals surface area contributed by atoms with Crippen molar-refractivity contribution in [2.75, 3.05) is 25.0 Å². The lowest BCUT2D eigenvalue weighted by Gasteiger charge is -2.22. The standard InChI is InChI=1S/C24H25N5OS/c1-16(2)29-23-19(14-25-29)18(13-20(26-23)22-9-6-12-31-22)24(30)28-11-10-27(3)21-8-5-4-7-17(21)15-28/h4-9,12-14,16H,10-11,15H2,1-3H3. The lowest BCUT2D eigenvalue weighted by molar-refractivity contribution is 0.0753. The predicted molar refractivity (Wildman–Crippen MR) is 126 cm³/mol. The van der Waals surface area contributed by atoms with Crippen LogP contribution in [0.2, 0.25) is 0 Å². The average Bonchev–Trinajstić information content (AvgIpc) is 3.42. The molecule has 31 heavy (non-hydrogen) atoms. The number of rotatable bonds is 3. The minimum absolute atomic E-state index is 0.0265. The highest BCUT2D eigenvalue weighted by Crippen LogP contribution is 2.31. The van der Waals surface area contributed by atoms with Gasteiger partial charge in [-0.3, -0.25) is 4.79 Å². The summed E-state index contributed by atoms with van der Waals surface area (Å²) in [7, 11) is 2.08. The van der Waals surface area contributed by atoms with E-state index in [1.54, 1.807) is 17.5 Å². The van der Waals surface area contributed by atoms with Gasteiger partial charge in [0.05, 0.1) is 27.7 Å². The summed E-state index contributed by atoms with van der Waals surface area (Å²) in [4.78, 5) is 23.9. The van der Waals surface area contributed by atoms with Gasteiger partial charge in [0.15, 0.2) is 5.65 Å². The molecular weight excluding hydrogens is 406 g/mol. The SMILES string of the molecule is CC(C)n1ncc2c(C(=O)N3CCN(C)c4ccccc4C3)cc(-c3cccs3)nc21. The lowest BCUT2D eigenvalue weighted by Crippen LogP contribution is -2.34. The number of hydrogen-bond donors (Lipinski definition) is 0. The van der Waals surface area contributed by atoms with Gasteiger partial charge in [-0.15, -0.1) is 11.3 Å². The summed E-state index contributed by atoms with van der Waals surface area (Å²) in [5.41, 5.74) is 4.60. The molecule has 5 rings (SSSR count). The first-order valence-electron chi connectivity index (χ1n) is 10.5. The molecule has 1 amide bonds. The van der Waals surface area contributed by atoms with Crippen molar-refractivity contribution in [1.29, 1.82) is 0 Å². The van der Waals surface area contributed by atoms with Crippen LogP contribution >= 0.6 is 11.3 Å². The van der Waals surface area contributed by atoms with Gasteiger partial charge in [0, 0.05) is 38.4 Å². The zero-order valence-corrected chi connectivity index (χ0v) is 18.8. The normalized spacial score (nSPS) is 14.2. The molecule has 0 saturated heterocycles. The van der Waals surface area contributed by atoms with Crippen LogP contribution < -0.4 is 4.90 Å². The van der Waals surface area contributed by atoms with E-state index >= 15 is 0 Å². The summed E-state index contributed by atoms with van der Waals surface area (Å²) in [5, 5.41) is 7.39. The molecule has 0 fully saturated rings. The molecule has 0 spiro atoms. The Balaban J connectivity index is 1.61. The molecule has 3 aromatic heterocycles. The van der Waals surface area contributed by atoms with Crippen molar-refractivity contribution in [2.24, 2.45) is 0 Å². The summed E-state index contributed by atoms with van der Waals surface area (Å²) >= 11 is 1.63. The van der Waals surface area contributed by atoms with E-state index in [2.05, 4.69) is 43.0 Å². The molecule has 4 aromatic rings. The van der Waals surface area contributed by atoms with Crippen LogP contribution in [0, 0.1) is 0 Å². The third-order valence-electron chi connectivity index (χ3n) is 5.82. The number of likely N-dealkylation sites (N-methyl/N-ethyl adjacent to an activating group) is 1. The van der Waals surface area contributed by atoms with E-state index in [4.69, 9.17) is 4.98 Å². The summed E-state index contributed by atoms with van der Waals surface area (Å²) in [6.45, 7) is 6.21. The number of amides is 1. The van der Waals surface area contributed by atoms with Crippen molar-refractivity contribution < 1.29 is 4.79 Å². The maximum atomic E-state index is 13.8. The number of pyridine rings is 1. The van der Waals surface area contributed by atoms with Gasteiger partial charge in [0.1, 0.15) is 0 Å². The zero-order valence-electron chi connectivity index (χ0n) is 17.9. The monoisotopic (exact) mass is 431 g/mol. The van der Waals surface area contributed by atoms with E-state index in [1.165, 1.54) is 5.69 Å². The van der Waals surface area contributed by atoms with Crippen LogP contribution in [0.1, 0.15) is 35.8 Å². The number of fused-ring (bicyclic) bond motifs is 2. The highest BCUT2D eigenvalue weighted by molar-refractivity contribution is 7.13. The molecular formula is C24H25N5OS. The smallest absolute Gasteiger partial charge is 0.255 e. The van der Waals surface area contributed by atoms with E-state index in [1.807, 2.05) is 45.3 Å². The Hall–Kier alpha value is -3.19. The summed E-state index contributed by atoms with van der Waals surface area (Å²) in [5.74, 6) is 0.0265. The third-order valence-corrected chi connectivity index (χ3v) is 6.71. The summed E-state index contributed by atoms with van der Waals surface area (Å²) in [6, 6.07) is 14.5. The second-order valence-electron chi connectivity index (χ2n) is 8.23.